The van der Waals surface area contributed by atoms with Crippen LogP contribution in [0.5, 0.6) is 0 Å². The third-order valence-electron chi connectivity index (χ3n) is 3.21. The number of aliphatic hydroxyl groups is 1. The Hall–Kier alpha value is -1.63. The minimum atomic E-state index is -1.03. The molecule has 1 saturated heterocycles. The standard InChI is InChI=1S/C15H19ClN2O4/c1-15(2,21)8-17-14(20)13-12(18-11(19)7-22-13)9-5-3-4-6-10(9)16/h3-6,12-13,21H,7-8H2,1-2H3,(H,17,20)(H,18,19)/t12-,13+/m1/s1. The molecule has 22 heavy (non-hydrogen) atoms. The van der Waals surface area contributed by atoms with E-state index in [0.29, 0.717) is 10.6 Å². The topological polar surface area (TPSA) is 87.7 Å². The van der Waals surface area contributed by atoms with Crippen LogP contribution in [-0.2, 0) is 14.3 Å². The molecule has 0 aromatic heterocycles. The van der Waals surface area contributed by atoms with Crippen LogP contribution in [0.2, 0.25) is 5.02 Å². The largest absolute Gasteiger partial charge is 0.389 e. The second-order valence-electron chi connectivity index (χ2n) is 5.83. The molecule has 0 bridgehead atoms. The van der Waals surface area contributed by atoms with Crippen molar-refractivity contribution in [2.45, 2.75) is 31.6 Å². The zero-order valence-corrected chi connectivity index (χ0v) is 13.2. The molecule has 1 aliphatic heterocycles. The van der Waals surface area contributed by atoms with Crippen LogP contribution in [0.1, 0.15) is 25.5 Å². The number of carbonyl (C=O) groups excluding carboxylic acids is 2. The maximum Gasteiger partial charge on any atom is 0.251 e. The van der Waals surface area contributed by atoms with E-state index in [9.17, 15) is 14.7 Å². The Kier molecular flexibility index (Phi) is 5.05. The smallest absolute Gasteiger partial charge is 0.251 e. The van der Waals surface area contributed by atoms with Gasteiger partial charge in [-0.2, -0.15) is 0 Å². The second-order valence-corrected chi connectivity index (χ2v) is 6.24. The molecule has 0 spiro atoms. The van der Waals surface area contributed by atoms with E-state index in [4.69, 9.17) is 16.3 Å². The quantitative estimate of drug-likeness (QED) is 0.763. The molecule has 1 aromatic rings. The lowest BCUT2D eigenvalue weighted by molar-refractivity contribution is -0.148. The number of benzene rings is 1. The van der Waals surface area contributed by atoms with Crippen molar-refractivity contribution in [1.82, 2.24) is 10.6 Å². The molecule has 6 nitrogen and oxygen atoms in total. The molecule has 1 aromatic carbocycles. The maximum absolute atomic E-state index is 12.3. The van der Waals surface area contributed by atoms with Crippen molar-refractivity contribution in [3.05, 3.63) is 34.9 Å². The summed E-state index contributed by atoms with van der Waals surface area (Å²) in [6.45, 7) is 3.06. The summed E-state index contributed by atoms with van der Waals surface area (Å²) >= 11 is 6.15. The van der Waals surface area contributed by atoms with Gasteiger partial charge in [0.1, 0.15) is 6.61 Å². The third kappa shape index (κ3) is 4.19. The average molecular weight is 327 g/mol. The van der Waals surface area contributed by atoms with Crippen LogP contribution in [0.4, 0.5) is 0 Å². The van der Waals surface area contributed by atoms with E-state index in [2.05, 4.69) is 10.6 Å². The first-order valence-electron chi connectivity index (χ1n) is 6.93. The van der Waals surface area contributed by atoms with Crippen LogP contribution in [0.3, 0.4) is 0 Å². The van der Waals surface area contributed by atoms with Crippen LogP contribution in [0.15, 0.2) is 24.3 Å². The van der Waals surface area contributed by atoms with E-state index in [1.54, 1.807) is 38.1 Å². The fourth-order valence-electron chi connectivity index (χ4n) is 2.15. The van der Waals surface area contributed by atoms with Gasteiger partial charge in [-0.05, 0) is 25.5 Å². The summed E-state index contributed by atoms with van der Waals surface area (Å²) in [5.41, 5.74) is -0.423. The first-order chi connectivity index (χ1) is 10.3. The highest BCUT2D eigenvalue weighted by molar-refractivity contribution is 6.31. The van der Waals surface area contributed by atoms with Crippen LogP contribution < -0.4 is 10.6 Å². The molecular weight excluding hydrogens is 308 g/mol. The summed E-state index contributed by atoms with van der Waals surface area (Å²) < 4.78 is 5.37. The molecule has 0 aliphatic carbocycles. The molecule has 120 valence electrons. The monoisotopic (exact) mass is 326 g/mol. The van der Waals surface area contributed by atoms with E-state index in [-0.39, 0.29) is 19.1 Å². The van der Waals surface area contributed by atoms with Crippen molar-refractivity contribution < 1.29 is 19.4 Å². The lowest BCUT2D eigenvalue weighted by Crippen LogP contribution is -2.54. The van der Waals surface area contributed by atoms with Gasteiger partial charge in [0, 0.05) is 11.6 Å². The lowest BCUT2D eigenvalue weighted by Gasteiger charge is -2.32. The highest BCUT2D eigenvalue weighted by Crippen LogP contribution is 2.28. The average Bonchev–Trinajstić information content (AvgIpc) is 2.44. The minimum Gasteiger partial charge on any atom is -0.389 e. The van der Waals surface area contributed by atoms with Crippen molar-refractivity contribution in [2.75, 3.05) is 13.2 Å². The summed E-state index contributed by atoms with van der Waals surface area (Å²) in [6, 6.07) is 6.28. The zero-order valence-electron chi connectivity index (χ0n) is 12.4. The Morgan fingerprint density at radius 3 is 2.82 bits per heavy atom. The molecule has 2 atom stereocenters. The SMILES string of the molecule is CC(C)(O)CNC(=O)[C@H]1OCC(=O)N[C@@H]1c1ccccc1Cl. The summed E-state index contributed by atoms with van der Waals surface area (Å²) in [6.07, 6.45) is -0.903. The van der Waals surface area contributed by atoms with Gasteiger partial charge >= 0.3 is 0 Å². The van der Waals surface area contributed by atoms with Gasteiger partial charge in [0.15, 0.2) is 6.10 Å². The number of morpholine rings is 1. The molecule has 3 N–H and O–H groups in total. The van der Waals surface area contributed by atoms with E-state index < -0.39 is 23.7 Å². The number of hydrogen-bond acceptors (Lipinski definition) is 4. The van der Waals surface area contributed by atoms with Crippen LogP contribution in [0.25, 0.3) is 0 Å². The number of rotatable bonds is 4. The highest BCUT2D eigenvalue weighted by Gasteiger charge is 2.37. The number of hydrogen-bond donors (Lipinski definition) is 3. The van der Waals surface area contributed by atoms with Crippen LogP contribution >= 0.6 is 11.6 Å². The molecule has 1 fully saturated rings. The number of ether oxygens (including phenoxy) is 1. The number of halogens is 1. The molecule has 7 heteroatoms. The predicted octanol–water partition coefficient (Wildman–Crippen LogP) is 0.783. The van der Waals surface area contributed by atoms with Gasteiger partial charge in [-0.25, -0.2) is 0 Å². The molecule has 0 saturated carbocycles. The fourth-order valence-corrected chi connectivity index (χ4v) is 2.40. The maximum atomic E-state index is 12.3. The zero-order chi connectivity index (χ0) is 16.3. The Labute approximate surface area is 133 Å². The molecule has 1 heterocycles. The second kappa shape index (κ2) is 6.64. The molecule has 2 rings (SSSR count). The molecule has 1 aliphatic rings. The Morgan fingerprint density at radius 1 is 1.50 bits per heavy atom. The highest BCUT2D eigenvalue weighted by atomic mass is 35.5. The molecule has 2 amide bonds. The van der Waals surface area contributed by atoms with Crippen molar-refractivity contribution in [3.63, 3.8) is 0 Å². The first-order valence-corrected chi connectivity index (χ1v) is 7.31. The number of amides is 2. The summed E-state index contributed by atoms with van der Waals surface area (Å²) in [5.74, 6) is -0.719. The molecule has 0 unspecified atom stereocenters. The summed E-state index contributed by atoms with van der Waals surface area (Å²) in [5, 5.41) is 15.5. The van der Waals surface area contributed by atoms with Gasteiger partial charge < -0.3 is 20.5 Å². The molecular formula is C15H19ClN2O4. The van der Waals surface area contributed by atoms with Crippen molar-refractivity contribution in [1.29, 1.82) is 0 Å². The number of carbonyl (C=O) groups is 2. The lowest BCUT2D eigenvalue weighted by atomic mass is 9.99. The normalized spacial score (nSPS) is 22.1. The van der Waals surface area contributed by atoms with Crippen molar-refractivity contribution in [3.8, 4) is 0 Å². The Morgan fingerprint density at radius 2 is 2.18 bits per heavy atom. The van der Waals surface area contributed by atoms with Gasteiger partial charge in [-0.1, -0.05) is 29.8 Å². The van der Waals surface area contributed by atoms with Crippen molar-refractivity contribution in [2.24, 2.45) is 0 Å². The fraction of sp³-hybridized carbons (Fsp3) is 0.467. The Balaban J connectivity index is 2.19. The third-order valence-corrected chi connectivity index (χ3v) is 3.55. The predicted molar refractivity (Wildman–Crippen MR) is 81.4 cm³/mol. The van der Waals surface area contributed by atoms with Gasteiger partial charge in [0.25, 0.3) is 5.91 Å². The number of nitrogens with one attached hydrogen (secondary N) is 2. The summed E-state index contributed by atoms with van der Waals surface area (Å²) in [7, 11) is 0. The van der Waals surface area contributed by atoms with Gasteiger partial charge in [0.2, 0.25) is 5.91 Å². The van der Waals surface area contributed by atoms with Gasteiger partial charge in [-0.3, -0.25) is 9.59 Å². The van der Waals surface area contributed by atoms with Crippen LogP contribution in [-0.4, -0.2) is 41.8 Å². The van der Waals surface area contributed by atoms with Crippen LogP contribution in [0, 0.1) is 0 Å². The van der Waals surface area contributed by atoms with E-state index >= 15 is 0 Å². The minimum absolute atomic E-state index is 0.0783. The first kappa shape index (κ1) is 16.7. The molecule has 0 radical (unpaired) electrons. The Bertz CT molecular complexity index is 571. The van der Waals surface area contributed by atoms with Crippen molar-refractivity contribution >= 4 is 23.4 Å². The summed E-state index contributed by atoms with van der Waals surface area (Å²) in [4.78, 5) is 23.9. The van der Waals surface area contributed by atoms with E-state index in [0.717, 1.165) is 0 Å². The van der Waals surface area contributed by atoms with Gasteiger partial charge in [0.05, 0.1) is 11.6 Å². The van der Waals surface area contributed by atoms with E-state index in [1.165, 1.54) is 0 Å². The van der Waals surface area contributed by atoms with E-state index in [1.807, 2.05) is 0 Å². The van der Waals surface area contributed by atoms with Gasteiger partial charge in [-0.15, -0.1) is 0 Å².